The van der Waals surface area contributed by atoms with E-state index in [9.17, 15) is 4.79 Å². The molecule has 5 nitrogen and oxygen atoms in total. The molecule has 22 heavy (non-hydrogen) atoms. The Balaban J connectivity index is 1.56. The Kier molecular flexibility index (Phi) is 4.61. The molecule has 1 saturated heterocycles. The zero-order chi connectivity index (χ0) is 15.4. The van der Waals surface area contributed by atoms with Crippen LogP contribution in [0, 0.1) is 0 Å². The molecule has 0 bridgehead atoms. The number of anilines is 1. The number of hydrogen-bond acceptors (Lipinski definition) is 2. The lowest BCUT2D eigenvalue weighted by Crippen LogP contribution is -2.43. The van der Waals surface area contributed by atoms with Crippen LogP contribution in [0.5, 0.6) is 0 Å². The summed E-state index contributed by atoms with van der Waals surface area (Å²) in [7, 11) is 0. The second-order valence-electron chi connectivity index (χ2n) is 6.15. The third-order valence-electron chi connectivity index (χ3n) is 4.46. The van der Waals surface area contributed by atoms with Crippen LogP contribution in [0.3, 0.4) is 0 Å². The Morgan fingerprint density at radius 1 is 1.32 bits per heavy atom. The van der Waals surface area contributed by atoms with Crippen molar-refractivity contribution in [3.05, 3.63) is 29.8 Å². The number of amides is 1. The fourth-order valence-electron chi connectivity index (χ4n) is 3.09. The molecule has 5 heteroatoms. The Morgan fingerprint density at radius 3 is 2.82 bits per heavy atom. The van der Waals surface area contributed by atoms with E-state index in [1.54, 1.807) is 4.90 Å². The average molecular weight is 300 g/mol. The van der Waals surface area contributed by atoms with E-state index >= 15 is 0 Å². The molecule has 1 amide bonds. The Labute approximate surface area is 131 Å². The molecule has 3 rings (SSSR count). The van der Waals surface area contributed by atoms with Gasteiger partial charge in [0, 0.05) is 24.7 Å². The molecule has 118 valence electrons. The summed E-state index contributed by atoms with van der Waals surface area (Å²) in [6.45, 7) is 1.36. The van der Waals surface area contributed by atoms with Gasteiger partial charge in [0.05, 0.1) is 6.54 Å². The summed E-state index contributed by atoms with van der Waals surface area (Å²) < 4.78 is 0. The van der Waals surface area contributed by atoms with Gasteiger partial charge in [-0.3, -0.25) is 4.79 Å². The molecular formula is C17H24N4O. The number of carbonyl (C=O) groups excluding carboxylic acids is 1. The minimum atomic E-state index is 0.194. The Morgan fingerprint density at radius 2 is 2.14 bits per heavy atom. The predicted octanol–water partition coefficient (Wildman–Crippen LogP) is 2.16. The molecule has 1 aliphatic carbocycles. The van der Waals surface area contributed by atoms with Gasteiger partial charge in [0.1, 0.15) is 0 Å². The zero-order valence-electron chi connectivity index (χ0n) is 12.9. The second-order valence-corrected chi connectivity index (χ2v) is 6.15. The zero-order valence-corrected chi connectivity index (χ0v) is 12.9. The first-order valence-corrected chi connectivity index (χ1v) is 8.18. The van der Waals surface area contributed by atoms with Gasteiger partial charge >= 0.3 is 0 Å². The topological polar surface area (TPSA) is 70.7 Å². The van der Waals surface area contributed by atoms with Gasteiger partial charge in [-0.2, -0.15) is 0 Å². The minimum absolute atomic E-state index is 0.194. The molecule has 1 aromatic rings. The highest BCUT2D eigenvalue weighted by atomic mass is 16.2. The summed E-state index contributed by atoms with van der Waals surface area (Å²) in [4.78, 5) is 17.7. The maximum Gasteiger partial charge on any atom is 0.228 e. The highest BCUT2D eigenvalue weighted by Gasteiger charge is 2.24. The first kappa shape index (κ1) is 14.9. The summed E-state index contributed by atoms with van der Waals surface area (Å²) in [5.74, 6) is 0.719. The van der Waals surface area contributed by atoms with Crippen LogP contribution in [0.15, 0.2) is 29.3 Å². The SMILES string of the molecule is NC(=NCc1cccc(N2CCC2=O)c1)NC1CCCCC1. The number of nitrogens with one attached hydrogen (secondary N) is 1. The van der Waals surface area contributed by atoms with Crippen molar-refractivity contribution in [2.45, 2.75) is 51.1 Å². The minimum Gasteiger partial charge on any atom is -0.370 e. The lowest BCUT2D eigenvalue weighted by Gasteiger charge is -2.30. The number of nitrogens with two attached hydrogens (primary N) is 1. The largest absolute Gasteiger partial charge is 0.370 e. The van der Waals surface area contributed by atoms with Gasteiger partial charge in [-0.05, 0) is 30.5 Å². The second kappa shape index (κ2) is 6.81. The molecule has 0 atom stereocenters. The van der Waals surface area contributed by atoms with Gasteiger partial charge in [0.15, 0.2) is 5.96 Å². The molecule has 2 aliphatic rings. The number of guanidine groups is 1. The van der Waals surface area contributed by atoms with Gasteiger partial charge in [-0.25, -0.2) is 4.99 Å². The van der Waals surface area contributed by atoms with Crippen molar-refractivity contribution in [1.82, 2.24) is 5.32 Å². The van der Waals surface area contributed by atoms with E-state index in [4.69, 9.17) is 5.73 Å². The van der Waals surface area contributed by atoms with Crippen LogP contribution in [0.25, 0.3) is 0 Å². The van der Waals surface area contributed by atoms with E-state index in [1.807, 2.05) is 24.3 Å². The summed E-state index contributed by atoms with van der Waals surface area (Å²) in [6.07, 6.45) is 6.90. The molecule has 1 saturated carbocycles. The van der Waals surface area contributed by atoms with Crippen molar-refractivity contribution in [2.24, 2.45) is 10.7 Å². The number of β-lactam (4-membered cyclic amide) rings is 1. The third-order valence-corrected chi connectivity index (χ3v) is 4.46. The summed E-state index contributed by atoms with van der Waals surface area (Å²) in [5.41, 5.74) is 8.02. The van der Waals surface area contributed by atoms with Crippen LogP contribution >= 0.6 is 0 Å². The number of hydrogen-bond donors (Lipinski definition) is 2. The predicted molar refractivity (Wildman–Crippen MR) is 88.7 cm³/mol. The number of benzene rings is 1. The monoisotopic (exact) mass is 300 g/mol. The van der Waals surface area contributed by atoms with E-state index in [1.165, 1.54) is 32.1 Å². The van der Waals surface area contributed by atoms with Crippen LogP contribution in [0.2, 0.25) is 0 Å². The highest BCUT2D eigenvalue weighted by Crippen LogP contribution is 2.23. The molecule has 0 aromatic heterocycles. The molecular weight excluding hydrogens is 276 g/mol. The molecule has 2 fully saturated rings. The van der Waals surface area contributed by atoms with E-state index in [0.717, 1.165) is 17.8 Å². The third kappa shape index (κ3) is 3.59. The van der Waals surface area contributed by atoms with Gasteiger partial charge in [-0.15, -0.1) is 0 Å². The molecule has 0 spiro atoms. The molecule has 1 aromatic carbocycles. The molecule has 0 radical (unpaired) electrons. The fraction of sp³-hybridized carbons (Fsp3) is 0.529. The van der Waals surface area contributed by atoms with E-state index in [0.29, 0.717) is 25.0 Å². The summed E-state index contributed by atoms with van der Waals surface area (Å²) in [6, 6.07) is 8.45. The fourth-order valence-corrected chi connectivity index (χ4v) is 3.09. The van der Waals surface area contributed by atoms with Crippen molar-refractivity contribution in [3.63, 3.8) is 0 Å². The normalized spacial score (nSPS) is 19.9. The Bertz CT molecular complexity index is 564. The first-order valence-electron chi connectivity index (χ1n) is 8.18. The lowest BCUT2D eigenvalue weighted by molar-refractivity contribution is -0.122. The van der Waals surface area contributed by atoms with Gasteiger partial charge < -0.3 is 16.0 Å². The molecule has 1 aliphatic heterocycles. The standard InChI is InChI=1S/C17H24N4O/c18-17(20-14-6-2-1-3-7-14)19-12-13-5-4-8-15(11-13)21-10-9-16(21)22/h4-5,8,11,14H,1-3,6-7,9-10,12H2,(H3,18,19,20). The maximum absolute atomic E-state index is 11.5. The number of aliphatic imine (C=N–C) groups is 1. The van der Waals surface area contributed by atoms with Gasteiger partial charge in [0.25, 0.3) is 0 Å². The van der Waals surface area contributed by atoms with E-state index in [2.05, 4.69) is 10.3 Å². The van der Waals surface area contributed by atoms with Crippen molar-refractivity contribution in [2.75, 3.05) is 11.4 Å². The molecule has 0 unspecified atom stereocenters. The Hall–Kier alpha value is -2.04. The van der Waals surface area contributed by atoms with Crippen LogP contribution in [0.1, 0.15) is 44.1 Å². The van der Waals surface area contributed by atoms with Gasteiger partial charge in [0.2, 0.25) is 5.91 Å². The first-order chi connectivity index (χ1) is 10.7. The summed E-state index contributed by atoms with van der Waals surface area (Å²) >= 11 is 0. The van der Waals surface area contributed by atoms with Crippen molar-refractivity contribution >= 4 is 17.6 Å². The summed E-state index contributed by atoms with van der Waals surface area (Å²) in [5, 5.41) is 3.32. The van der Waals surface area contributed by atoms with Crippen LogP contribution in [-0.2, 0) is 11.3 Å². The van der Waals surface area contributed by atoms with E-state index in [-0.39, 0.29) is 5.91 Å². The quantitative estimate of drug-likeness (QED) is 0.508. The number of carbonyl (C=O) groups is 1. The number of rotatable bonds is 4. The number of nitrogens with zero attached hydrogens (tertiary/aromatic N) is 2. The van der Waals surface area contributed by atoms with Crippen molar-refractivity contribution in [3.8, 4) is 0 Å². The molecule has 3 N–H and O–H groups in total. The van der Waals surface area contributed by atoms with E-state index < -0.39 is 0 Å². The van der Waals surface area contributed by atoms with Crippen molar-refractivity contribution in [1.29, 1.82) is 0 Å². The van der Waals surface area contributed by atoms with Gasteiger partial charge in [-0.1, -0.05) is 31.4 Å². The average Bonchev–Trinajstić information content (AvgIpc) is 2.53. The van der Waals surface area contributed by atoms with Crippen LogP contribution in [-0.4, -0.2) is 24.5 Å². The molecule has 1 heterocycles. The van der Waals surface area contributed by atoms with Crippen LogP contribution < -0.4 is 16.0 Å². The highest BCUT2D eigenvalue weighted by molar-refractivity contribution is 5.99. The maximum atomic E-state index is 11.5. The lowest BCUT2D eigenvalue weighted by atomic mass is 9.96. The van der Waals surface area contributed by atoms with Crippen LogP contribution in [0.4, 0.5) is 5.69 Å². The van der Waals surface area contributed by atoms with Crippen molar-refractivity contribution < 1.29 is 4.79 Å². The smallest absolute Gasteiger partial charge is 0.228 e.